The number of nitrogens with one attached hydrogen (secondary N) is 1. The molecule has 164 valence electrons. The molecule has 0 spiro atoms. The second kappa shape index (κ2) is 11.4. The van der Waals surface area contributed by atoms with Crippen LogP contribution in [0.2, 0.25) is 0 Å². The molecule has 0 heterocycles. The fraction of sp³-hybridized carbons (Fsp3) is 0.318. The summed E-state index contributed by atoms with van der Waals surface area (Å²) in [6.45, 7) is 3.04. The molecule has 0 aliphatic carbocycles. The lowest BCUT2D eigenvalue weighted by atomic mass is 9.99. The quantitative estimate of drug-likeness (QED) is 0.265. The molecule has 0 saturated carbocycles. The van der Waals surface area contributed by atoms with Crippen LogP contribution in [-0.4, -0.2) is 35.4 Å². The zero-order valence-corrected chi connectivity index (χ0v) is 17.3. The third-order valence-electron chi connectivity index (χ3n) is 4.68. The molecule has 2 rings (SSSR count). The lowest BCUT2D eigenvalue weighted by molar-refractivity contribution is -0.384. The summed E-state index contributed by atoms with van der Waals surface area (Å²) in [5.74, 6) is -1.65. The molecule has 9 nitrogen and oxygen atoms in total. The van der Waals surface area contributed by atoms with Crippen molar-refractivity contribution in [3.63, 3.8) is 0 Å². The second-order valence-electron chi connectivity index (χ2n) is 6.91. The fourth-order valence-electron chi connectivity index (χ4n) is 2.66. The molecule has 9 heteroatoms. The number of benzene rings is 2. The normalized spacial score (nSPS) is 12.3. The predicted molar refractivity (Wildman–Crippen MR) is 111 cm³/mol. The van der Waals surface area contributed by atoms with E-state index in [4.69, 9.17) is 9.47 Å². The topological polar surface area (TPSA) is 125 Å². The summed E-state index contributed by atoms with van der Waals surface area (Å²) < 4.78 is 10.2. The van der Waals surface area contributed by atoms with Crippen LogP contribution in [0.25, 0.3) is 0 Å². The predicted octanol–water partition coefficient (Wildman–Crippen LogP) is 3.66. The van der Waals surface area contributed by atoms with Crippen LogP contribution in [0.5, 0.6) is 0 Å². The number of nitro groups is 1. The van der Waals surface area contributed by atoms with Gasteiger partial charge in [-0.3, -0.25) is 14.9 Å². The second-order valence-corrected chi connectivity index (χ2v) is 6.91. The Kier molecular flexibility index (Phi) is 8.68. The van der Waals surface area contributed by atoms with E-state index in [2.05, 4.69) is 5.32 Å². The van der Waals surface area contributed by atoms with Gasteiger partial charge in [-0.2, -0.15) is 0 Å². The van der Waals surface area contributed by atoms with E-state index >= 15 is 0 Å². The van der Waals surface area contributed by atoms with Gasteiger partial charge in [0.1, 0.15) is 12.6 Å². The summed E-state index contributed by atoms with van der Waals surface area (Å²) in [6, 6.07) is 13.2. The molecule has 0 saturated heterocycles. The van der Waals surface area contributed by atoms with Gasteiger partial charge in [0, 0.05) is 17.7 Å². The first-order valence-electron chi connectivity index (χ1n) is 9.73. The summed E-state index contributed by atoms with van der Waals surface area (Å²) in [7, 11) is 0. The van der Waals surface area contributed by atoms with Crippen LogP contribution in [0, 0.1) is 16.0 Å². The number of esters is 1. The van der Waals surface area contributed by atoms with Crippen LogP contribution < -0.4 is 5.32 Å². The summed E-state index contributed by atoms with van der Waals surface area (Å²) >= 11 is 0. The Morgan fingerprint density at radius 3 is 2.42 bits per heavy atom. The maximum atomic E-state index is 12.5. The van der Waals surface area contributed by atoms with Crippen LogP contribution in [-0.2, 0) is 20.9 Å². The molecule has 2 aromatic carbocycles. The smallest absolute Gasteiger partial charge is 0.408 e. The number of rotatable bonds is 10. The van der Waals surface area contributed by atoms with Crippen LogP contribution in [0.3, 0.4) is 0 Å². The first kappa shape index (κ1) is 23.5. The van der Waals surface area contributed by atoms with E-state index in [1.165, 1.54) is 18.2 Å². The molecule has 1 amide bonds. The van der Waals surface area contributed by atoms with Gasteiger partial charge in [0.05, 0.1) is 4.92 Å². The van der Waals surface area contributed by atoms with Crippen molar-refractivity contribution < 1.29 is 28.8 Å². The number of carbonyl (C=O) groups excluding carboxylic acids is 3. The van der Waals surface area contributed by atoms with Crippen molar-refractivity contribution in [2.75, 3.05) is 6.61 Å². The SMILES string of the molecule is CC[C@@H](C)[C@H](NC(=O)OCc1ccccc1)C(=O)OCC(=O)c1cccc([N+](=O)[O-])c1. The molecule has 2 aromatic rings. The summed E-state index contributed by atoms with van der Waals surface area (Å²) in [6.07, 6.45) is -0.214. The van der Waals surface area contributed by atoms with Crippen molar-refractivity contribution in [3.8, 4) is 0 Å². The van der Waals surface area contributed by atoms with Gasteiger partial charge < -0.3 is 14.8 Å². The van der Waals surface area contributed by atoms with Crippen LogP contribution in [0.1, 0.15) is 36.2 Å². The number of Topliss-reactive ketones (excluding diaryl/α,β-unsaturated/α-hetero) is 1. The number of hydrogen-bond acceptors (Lipinski definition) is 7. The van der Waals surface area contributed by atoms with Gasteiger partial charge in [-0.05, 0) is 11.5 Å². The maximum absolute atomic E-state index is 12.5. The van der Waals surface area contributed by atoms with Crippen LogP contribution in [0.15, 0.2) is 54.6 Å². The highest BCUT2D eigenvalue weighted by molar-refractivity contribution is 5.98. The Morgan fingerprint density at radius 2 is 1.77 bits per heavy atom. The van der Waals surface area contributed by atoms with E-state index in [1.807, 2.05) is 25.1 Å². The van der Waals surface area contributed by atoms with E-state index < -0.39 is 35.4 Å². The largest absolute Gasteiger partial charge is 0.456 e. The Bertz CT molecular complexity index is 930. The molecule has 0 aliphatic heterocycles. The van der Waals surface area contributed by atoms with Crippen LogP contribution >= 0.6 is 0 Å². The molecule has 31 heavy (non-hydrogen) atoms. The Morgan fingerprint density at radius 1 is 1.06 bits per heavy atom. The van der Waals surface area contributed by atoms with Gasteiger partial charge in [-0.1, -0.05) is 62.7 Å². The number of hydrogen-bond donors (Lipinski definition) is 1. The average Bonchev–Trinajstić information content (AvgIpc) is 2.79. The van der Waals surface area contributed by atoms with E-state index in [0.717, 1.165) is 11.6 Å². The highest BCUT2D eigenvalue weighted by atomic mass is 16.6. The van der Waals surface area contributed by atoms with Crippen molar-refractivity contribution in [2.45, 2.75) is 32.9 Å². The van der Waals surface area contributed by atoms with Gasteiger partial charge in [-0.15, -0.1) is 0 Å². The number of ether oxygens (including phenoxy) is 2. The standard InChI is InChI=1S/C22H24N2O7/c1-3-15(2)20(23-22(27)31-13-16-8-5-4-6-9-16)21(26)30-14-19(25)17-10-7-11-18(12-17)24(28)29/h4-12,15,20H,3,13-14H2,1-2H3,(H,23,27)/t15-,20+/m1/s1. The van der Waals surface area contributed by atoms with Crippen molar-refractivity contribution in [1.82, 2.24) is 5.32 Å². The molecule has 0 radical (unpaired) electrons. The summed E-state index contributed by atoms with van der Waals surface area (Å²) in [5.41, 5.74) is 0.609. The average molecular weight is 428 g/mol. The van der Waals surface area contributed by atoms with Crippen molar-refractivity contribution in [1.29, 1.82) is 0 Å². The first-order valence-corrected chi connectivity index (χ1v) is 9.73. The van der Waals surface area contributed by atoms with Crippen LogP contribution in [0.4, 0.5) is 10.5 Å². The number of amides is 1. The Labute approximate surface area is 179 Å². The lowest BCUT2D eigenvalue weighted by Crippen LogP contribution is -2.46. The molecule has 0 fully saturated rings. The number of nitro benzene ring substituents is 1. The number of nitrogens with zero attached hydrogens (tertiary/aromatic N) is 1. The molecule has 2 atom stereocenters. The van der Waals surface area contributed by atoms with Gasteiger partial charge in [0.2, 0.25) is 5.78 Å². The molecular formula is C22H24N2O7. The van der Waals surface area contributed by atoms with E-state index in [0.29, 0.717) is 6.42 Å². The van der Waals surface area contributed by atoms with E-state index in [9.17, 15) is 24.5 Å². The van der Waals surface area contributed by atoms with Crippen molar-refractivity contribution >= 4 is 23.5 Å². The highest BCUT2D eigenvalue weighted by Gasteiger charge is 2.28. The number of alkyl carbamates (subject to hydrolysis) is 1. The third-order valence-corrected chi connectivity index (χ3v) is 4.68. The monoisotopic (exact) mass is 428 g/mol. The Balaban J connectivity index is 1.94. The summed E-state index contributed by atoms with van der Waals surface area (Å²) in [5, 5.41) is 13.3. The minimum atomic E-state index is -1.01. The zero-order chi connectivity index (χ0) is 22.8. The summed E-state index contributed by atoms with van der Waals surface area (Å²) in [4.78, 5) is 47.1. The molecule has 0 aliphatic rings. The van der Waals surface area contributed by atoms with E-state index in [1.54, 1.807) is 19.1 Å². The van der Waals surface area contributed by atoms with Gasteiger partial charge in [0.25, 0.3) is 5.69 Å². The highest BCUT2D eigenvalue weighted by Crippen LogP contribution is 2.15. The van der Waals surface area contributed by atoms with Crippen molar-refractivity contribution in [2.24, 2.45) is 5.92 Å². The molecular weight excluding hydrogens is 404 g/mol. The lowest BCUT2D eigenvalue weighted by Gasteiger charge is -2.22. The minimum absolute atomic E-state index is 0.0419. The van der Waals surface area contributed by atoms with E-state index in [-0.39, 0.29) is 23.8 Å². The number of carbonyl (C=O) groups is 3. The molecule has 0 aromatic heterocycles. The van der Waals surface area contributed by atoms with Gasteiger partial charge >= 0.3 is 12.1 Å². The zero-order valence-electron chi connectivity index (χ0n) is 17.3. The maximum Gasteiger partial charge on any atom is 0.408 e. The minimum Gasteiger partial charge on any atom is -0.456 e. The molecule has 0 bridgehead atoms. The van der Waals surface area contributed by atoms with Crippen molar-refractivity contribution in [3.05, 3.63) is 75.8 Å². The number of ketones is 1. The first-order chi connectivity index (χ1) is 14.8. The Hall–Kier alpha value is -3.75. The number of non-ortho nitro benzene ring substituents is 1. The molecule has 1 N–H and O–H groups in total. The fourth-order valence-corrected chi connectivity index (χ4v) is 2.66. The van der Waals surface area contributed by atoms with Gasteiger partial charge in [-0.25, -0.2) is 9.59 Å². The third kappa shape index (κ3) is 7.22. The molecule has 0 unspecified atom stereocenters. The van der Waals surface area contributed by atoms with Gasteiger partial charge in [0.15, 0.2) is 6.61 Å².